The third-order valence-corrected chi connectivity index (χ3v) is 3.45. The second-order valence-corrected chi connectivity index (χ2v) is 4.89. The number of benzene rings is 1. The molecule has 2 rings (SSSR count). The van der Waals surface area contributed by atoms with E-state index in [0.29, 0.717) is 6.42 Å². The minimum absolute atomic E-state index is 0.250. The summed E-state index contributed by atoms with van der Waals surface area (Å²) in [5, 5.41) is 1.18. The van der Waals surface area contributed by atoms with Gasteiger partial charge in [0.15, 0.2) is 5.78 Å². The van der Waals surface area contributed by atoms with Crippen LogP contribution in [0, 0.1) is 0 Å². The van der Waals surface area contributed by atoms with Gasteiger partial charge in [-0.05, 0) is 37.1 Å². The van der Waals surface area contributed by atoms with Crippen molar-refractivity contribution in [3.05, 3.63) is 35.5 Å². The zero-order chi connectivity index (χ0) is 13.1. The second kappa shape index (κ2) is 5.38. The summed E-state index contributed by atoms with van der Waals surface area (Å²) in [6.45, 7) is 4.23. The Morgan fingerprint density at radius 3 is 2.61 bits per heavy atom. The van der Waals surface area contributed by atoms with Crippen LogP contribution in [-0.4, -0.2) is 10.4 Å². The number of fused-ring (bicyclic) bond motifs is 1. The lowest BCUT2D eigenvalue weighted by molar-refractivity contribution is 0.0982. The molecule has 0 N–H and O–H groups in total. The van der Waals surface area contributed by atoms with Gasteiger partial charge in [0.2, 0.25) is 0 Å². The highest BCUT2D eigenvalue weighted by atomic mass is 16.1. The minimum atomic E-state index is 0.250. The first-order valence-corrected chi connectivity index (χ1v) is 6.79. The van der Waals surface area contributed by atoms with Gasteiger partial charge in [-0.15, -0.1) is 0 Å². The Kier molecular flexibility index (Phi) is 3.85. The van der Waals surface area contributed by atoms with Crippen LogP contribution >= 0.6 is 0 Å². The molecule has 0 saturated heterocycles. The third-order valence-electron chi connectivity index (χ3n) is 3.45. The fourth-order valence-corrected chi connectivity index (χ4v) is 2.45. The Morgan fingerprint density at radius 1 is 1.17 bits per heavy atom. The van der Waals surface area contributed by atoms with Crippen LogP contribution in [0.2, 0.25) is 0 Å². The van der Waals surface area contributed by atoms with Crippen LogP contribution in [0.4, 0.5) is 0 Å². The maximum atomic E-state index is 11.9. The van der Waals surface area contributed by atoms with E-state index in [9.17, 15) is 4.79 Å². The van der Waals surface area contributed by atoms with Gasteiger partial charge in [-0.25, -0.2) is 0 Å². The van der Waals surface area contributed by atoms with Crippen molar-refractivity contribution in [2.75, 3.05) is 0 Å². The largest absolute Gasteiger partial charge is 0.348 e. The van der Waals surface area contributed by atoms with Gasteiger partial charge in [0, 0.05) is 35.6 Å². The highest BCUT2D eigenvalue weighted by Crippen LogP contribution is 2.22. The van der Waals surface area contributed by atoms with E-state index >= 15 is 0 Å². The lowest BCUT2D eigenvalue weighted by Crippen LogP contribution is -1.98. The van der Waals surface area contributed by atoms with E-state index in [2.05, 4.69) is 30.7 Å². The number of nitrogens with zero attached hydrogens (tertiary/aromatic N) is 1. The van der Waals surface area contributed by atoms with E-state index in [4.69, 9.17) is 0 Å². The summed E-state index contributed by atoms with van der Waals surface area (Å²) in [5.41, 5.74) is 3.40. The number of Topliss-reactive ketones (excluding diaryl/α,β-unsaturated/α-hetero) is 1. The predicted octanol–water partition coefficient (Wildman–Crippen LogP) is 4.11. The van der Waals surface area contributed by atoms with Gasteiger partial charge in [-0.1, -0.05) is 20.3 Å². The molecule has 1 heterocycles. The molecule has 18 heavy (non-hydrogen) atoms. The summed E-state index contributed by atoms with van der Waals surface area (Å²) in [6, 6.07) is 8.27. The molecule has 0 aliphatic rings. The molecular weight excluding hydrogens is 222 g/mol. The van der Waals surface area contributed by atoms with Crippen molar-refractivity contribution in [3.8, 4) is 0 Å². The first kappa shape index (κ1) is 12.9. The van der Waals surface area contributed by atoms with E-state index in [0.717, 1.165) is 24.8 Å². The van der Waals surface area contributed by atoms with Crippen LogP contribution in [0.15, 0.2) is 24.3 Å². The van der Waals surface area contributed by atoms with Crippen LogP contribution in [0.5, 0.6) is 0 Å². The highest BCUT2D eigenvalue weighted by Gasteiger charge is 2.09. The number of carbonyl (C=O) groups is 1. The topological polar surface area (TPSA) is 22.0 Å². The van der Waals surface area contributed by atoms with Crippen molar-refractivity contribution >= 4 is 16.7 Å². The second-order valence-electron chi connectivity index (χ2n) is 4.89. The molecule has 0 aliphatic carbocycles. The summed E-state index contributed by atoms with van der Waals surface area (Å²) >= 11 is 0. The van der Waals surface area contributed by atoms with Gasteiger partial charge in [0.05, 0.1) is 0 Å². The minimum Gasteiger partial charge on any atom is -0.348 e. The molecule has 0 radical (unpaired) electrons. The summed E-state index contributed by atoms with van der Waals surface area (Å²) in [7, 11) is 2.10. The summed E-state index contributed by atoms with van der Waals surface area (Å²) in [4.78, 5) is 11.9. The monoisotopic (exact) mass is 243 g/mol. The maximum absolute atomic E-state index is 11.9. The van der Waals surface area contributed by atoms with Crippen LogP contribution in [0.1, 0.15) is 49.2 Å². The first-order chi connectivity index (χ1) is 8.67. The average Bonchev–Trinajstić information content (AvgIpc) is 2.67. The van der Waals surface area contributed by atoms with Crippen molar-refractivity contribution in [1.82, 2.24) is 4.57 Å². The van der Waals surface area contributed by atoms with E-state index in [-0.39, 0.29) is 5.78 Å². The molecule has 1 aromatic heterocycles. The van der Waals surface area contributed by atoms with E-state index in [1.165, 1.54) is 16.6 Å². The zero-order valence-corrected chi connectivity index (χ0v) is 11.5. The Bertz CT molecular complexity index is 566. The molecule has 2 heteroatoms. The highest BCUT2D eigenvalue weighted by molar-refractivity contribution is 5.99. The average molecular weight is 243 g/mol. The van der Waals surface area contributed by atoms with Crippen molar-refractivity contribution in [1.29, 1.82) is 0 Å². The summed E-state index contributed by atoms with van der Waals surface area (Å²) in [5.74, 6) is 0.250. The molecule has 0 bridgehead atoms. The molecule has 0 fully saturated rings. The SMILES string of the molecule is CCCC(=O)c1ccc2c(c1)cc(CCC)n2C. The summed E-state index contributed by atoms with van der Waals surface area (Å²) < 4.78 is 2.23. The molecule has 2 nitrogen and oxygen atoms in total. The Balaban J connectivity index is 2.42. The molecule has 0 spiro atoms. The van der Waals surface area contributed by atoms with Gasteiger partial charge in [0.25, 0.3) is 0 Å². The number of aryl methyl sites for hydroxylation is 2. The van der Waals surface area contributed by atoms with Crippen molar-refractivity contribution in [3.63, 3.8) is 0 Å². The summed E-state index contributed by atoms with van der Waals surface area (Å²) in [6.07, 6.45) is 3.78. The lowest BCUT2D eigenvalue weighted by atomic mass is 10.1. The Hall–Kier alpha value is -1.57. The molecule has 96 valence electrons. The number of ketones is 1. The van der Waals surface area contributed by atoms with Gasteiger partial charge in [-0.3, -0.25) is 4.79 Å². The zero-order valence-electron chi connectivity index (χ0n) is 11.5. The quantitative estimate of drug-likeness (QED) is 0.724. The molecule has 0 saturated carbocycles. The predicted molar refractivity (Wildman–Crippen MR) is 76.2 cm³/mol. The molecule has 0 atom stereocenters. The maximum Gasteiger partial charge on any atom is 0.162 e. The number of carbonyl (C=O) groups excluding carboxylic acids is 1. The molecule has 0 aliphatic heterocycles. The number of hydrogen-bond acceptors (Lipinski definition) is 1. The van der Waals surface area contributed by atoms with Crippen LogP contribution in [0.3, 0.4) is 0 Å². The first-order valence-electron chi connectivity index (χ1n) is 6.79. The number of hydrogen-bond donors (Lipinski definition) is 0. The van der Waals surface area contributed by atoms with E-state index in [1.54, 1.807) is 0 Å². The Morgan fingerprint density at radius 2 is 1.94 bits per heavy atom. The third kappa shape index (κ3) is 2.33. The Labute approximate surface area is 109 Å². The van der Waals surface area contributed by atoms with E-state index in [1.807, 2.05) is 19.1 Å². The van der Waals surface area contributed by atoms with Crippen molar-refractivity contribution < 1.29 is 4.79 Å². The standard InChI is InChI=1S/C16H21NO/c1-4-6-14-11-13-10-12(16(18)7-5-2)8-9-15(13)17(14)3/h8-11H,4-7H2,1-3H3. The van der Waals surface area contributed by atoms with Crippen LogP contribution < -0.4 is 0 Å². The van der Waals surface area contributed by atoms with Gasteiger partial charge >= 0.3 is 0 Å². The fourth-order valence-electron chi connectivity index (χ4n) is 2.45. The van der Waals surface area contributed by atoms with Crippen LogP contribution in [0.25, 0.3) is 10.9 Å². The number of aromatic nitrogens is 1. The smallest absolute Gasteiger partial charge is 0.162 e. The molecule has 0 amide bonds. The lowest BCUT2D eigenvalue weighted by Gasteiger charge is -2.03. The van der Waals surface area contributed by atoms with Gasteiger partial charge in [0.1, 0.15) is 0 Å². The van der Waals surface area contributed by atoms with Crippen molar-refractivity contribution in [2.45, 2.75) is 39.5 Å². The van der Waals surface area contributed by atoms with Gasteiger partial charge < -0.3 is 4.57 Å². The fraction of sp³-hybridized carbons (Fsp3) is 0.438. The van der Waals surface area contributed by atoms with Crippen LogP contribution in [-0.2, 0) is 13.5 Å². The van der Waals surface area contributed by atoms with Gasteiger partial charge in [-0.2, -0.15) is 0 Å². The normalized spacial score (nSPS) is 11.1. The molecule has 2 aromatic rings. The molecule has 1 aromatic carbocycles. The molecule has 0 unspecified atom stereocenters. The van der Waals surface area contributed by atoms with Crippen molar-refractivity contribution in [2.24, 2.45) is 7.05 Å². The number of rotatable bonds is 5. The van der Waals surface area contributed by atoms with E-state index < -0.39 is 0 Å². The molecular formula is C16H21NO.